The van der Waals surface area contributed by atoms with Gasteiger partial charge in [-0.1, -0.05) is 71.8 Å². The zero-order valence-corrected chi connectivity index (χ0v) is 21.2. The minimum Gasteiger partial charge on any atom is -0.484 e. The lowest BCUT2D eigenvalue weighted by atomic mass is 10.2. The Morgan fingerprint density at radius 3 is 2.17 bits per heavy atom. The summed E-state index contributed by atoms with van der Waals surface area (Å²) in [6.45, 7) is 1.85. The Kier molecular flexibility index (Phi) is 7.93. The molecular weight excluding hydrogens is 496 g/mol. The number of nitrogens with zero attached hydrogens (tertiary/aromatic N) is 1. The summed E-state index contributed by atoms with van der Waals surface area (Å²) in [5.74, 6) is 0.0697. The molecule has 4 aromatic rings. The van der Waals surface area contributed by atoms with Crippen molar-refractivity contribution in [3.8, 4) is 5.75 Å². The fourth-order valence-electron chi connectivity index (χ4n) is 3.51. The number of para-hydroxylation sites is 1. The van der Waals surface area contributed by atoms with Crippen LogP contribution in [-0.4, -0.2) is 20.9 Å². The van der Waals surface area contributed by atoms with Gasteiger partial charge in [-0.05, 0) is 61.0 Å². The van der Waals surface area contributed by atoms with Gasteiger partial charge >= 0.3 is 0 Å². The molecule has 0 saturated heterocycles. The molecule has 0 unspecified atom stereocenters. The third-order valence-electron chi connectivity index (χ3n) is 5.42. The monoisotopic (exact) mass is 520 g/mol. The molecular formula is C28H25ClN2O4S. The van der Waals surface area contributed by atoms with E-state index in [0.29, 0.717) is 22.1 Å². The highest BCUT2D eigenvalue weighted by Crippen LogP contribution is 2.28. The van der Waals surface area contributed by atoms with Crippen LogP contribution >= 0.6 is 11.6 Å². The lowest BCUT2D eigenvalue weighted by Crippen LogP contribution is -2.30. The van der Waals surface area contributed by atoms with Gasteiger partial charge in [-0.15, -0.1) is 0 Å². The van der Waals surface area contributed by atoms with Crippen LogP contribution in [0.5, 0.6) is 5.75 Å². The molecule has 8 heteroatoms. The minimum atomic E-state index is -3.83. The summed E-state index contributed by atoms with van der Waals surface area (Å²) in [6, 6.07) is 29.7. The summed E-state index contributed by atoms with van der Waals surface area (Å²) in [5.41, 5.74) is 2.81. The Hall–Kier alpha value is -3.81. The molecule has 184 valence electrons. The van der Waals surface area contributed by atoms with Crippen molar-refractivity contribution in [2.24, 2.45) is 0 Å². The number of anilines is 2. The molecule has 0 aliphatic rings. The van der Waals surface area contributed by atoms with Crippen molar-refractivity contribution >= 4 is 38.9 Å². The van der Waals surface area contributed by atoms with Crippen LogP contribution < -0.4 is 14.4 Å². The number of halogens is 1. The van der Waals surface area contributed by atoms with E-state index in [1.165, 1.54) is 4.31 Å². The van der Waals surface area contributed by atoms with E-state index in [9.17, 15) is 13.2 Å². The first kappa shape index (κ1) is 25.3. The highest BCUT2D eigenvalue weighted by molar-refractivity contribution is 7.92. The standard InChI is InChI=1S/C28H25ClN2O4S/c1-21-11-17-25(18-12-21)36(33,34)31(19-22-7-3-2-4-8-22)23-13-15-24(16-14-23)35-20-28(32)30-27-10-6-5-9-26(27)29/h2-18H,19-20H2,1H3,(H,30,32). The highest BCUT2D eigenvalue weighted by atomic mass is 35.5. The van der Waals surface area contributed by atoms with Crippen molar-refractivity contribution in [2.75, 3.05) is 16.2 Å². The number of rotatable bonds is 9. The molecule has 1 amide bonds. The number of amides is 1. The smallest absolute Gasteiger partial charge is 0.264 e. The van der Waals surface area contributed by atoms with Gasteiger partial charge in [0, 0.05) is 0 Å². The number of carbonyl (C=O) groups excluding carboxylic acids is 1. The Balaban J connectivity index is 1.52. The van der Waals surface area contributed by atoms with E-state index in [2.05, 4.69) is 5.32 Å². The van der Waals surface area contributed by atoms with Gasteiger partial charge in [0.2, 0.25) is 0 Å². The van der Waals surface area contributed by atoms with Crippen LogP contribution in [0.2, 0.25) is 5.02 Å². The number of ether oxygens (including phenoxy) is 1. The van der Waals surface area contributed by atoms with Crippen LogP contribution in [0.3, 0.4) is 0 Å². The molecule has 6 nitrogen and oxygen atoms in total. The summed E-state index contributed by atoms with van der Waals surface area (Å²) < 4.78 is 34.1. The molecule has 36 heavy (non-hydrogen) atoms. The molecule has 4 rings (SSSR count). The predicted octanol–water partition coefficient (Wildman–Crippen LogP) is 6.06. The van der Waals surface area contributed by atoms with Gasteiger partial charge in [0.15, 0.2) is 6.61 Å². The molecule has 0 bridgehead atoms. The van der Waals surface area contributed by atoms with Crippen molar-refractivity contribution in [2.45, 2.75) is 18.4 Å². The molecule has 0 radical (unpaired) electrons. The molecule has 0 aliphatic heterocycles. The van der Waals surface area contributed by atoms with E-state index >= 15 is 0 Å². The first-order chi connectivity index (χ1) is 17.3. The maximum atomic E-state index is 13.6. The van der Waals surface area contributed by atoms with E-state index in [0.717, 1.165) is 11.1 Å². The maximum Gasteiger partial charge on any atom is 0.264 e. The van der Waals surface area contributed by atoms with Gasteiger partial charge in [-0.25, -0.2) is 8.42 Å². The zero-order valence-electron chi connectivity index (χ0n) is 19.6. The average Bonchev–Trinajstić information content (AvgIpc) is 2.89. The van der Waals surface area contributed by atoms with E-state index in [-0.39, 0.29) is 24.0 Å². The quantitative estimate of drug-likeness (QED) is 0.291. The Labute approximate surface area is 216 Å². The molecule has 0 atom stereocenters. The Bertz CT molecular complexity index is 1420. The van der Waals surface area contributed by atoms with Gasteiger partial charge in [-0.2, -0.15) is 0 Å². The maximum absolute atomic E-state index is 13.6. The number of carbonyl (C=O) groups is 1. The molecule has 0 fully saturated rings. The van der Waals surface area contributed by atoms with Crippen LogP contribution in [0.1, 0.15) is 11.1 Å². The summed E-state index contributed by atoms with van der Waals surface area (Å²) in [5, 5.41) is 3.13. The van der Waals surface area contributed by atoms with Gasteiger partial charge in [0.1, 0.15) is 5.75 Å². The predicted molar refractivity (Wildman–Crippen MR) is 143 cm³/mol. The van der Waals surface area contributed by atoms with Crippen molar-refractivity contribution in [1.82, 2.24) is 0 Å². The van der Waals surface area contributed by atoms with Crippen LogP contribution in [0.4, 0.5) is 11.4 Å². The molecule has 4 aromatic carbocycles. The Morgan fingerprint density at radius 1 is 0.861 bits per heavy atom. The number of sulfonamides is 1. The first-order valence-corrected chi connectivity index (χ1v) is 13.1. The lowest BCUT2D eigenvalue weighted by molar-refractivity contribution is -0.118. The second-order valence-corrected chi connectivity index (χ2v) is 10.4. The molecule has 0 heterocycles. The topological polar surface area (TPSA) is 75.7 Å². The SMILES string of the molecule is Cc1ccc(S(=O)(=O)N(Cc2ccccc2)c2ccc(OCC(=O)Nc3ccccc3Cl)cc2)cc1. The van der Waals surface area contributed by atoms with Crippen LogP contribution in [0.25, 0.3) is 0 Å². The van der Waals surface area contributed by atoms with Gasteiger partial charge in [0.25, 0.3) is 15.9 Å². The van der Waals surface area contributed by atoms with Crippen molar-refractivity contribution in [1.29, 1.82) is 0 Å². The van der Waals surface area contributed by atoms with E-state index in [1.807, 2.05) is 37.3 Å². The number of aryl methyl sites for hydroxylation is 1. The molecule has 0 aromatic heterocycles. The first-order valence-electron chi connectivity index (χ1n) is 11.2. The number of hydrogen-bond donors (Lipinski definition) is 1. The van der Waals surface area contributed by atoms with E-state index < -0.39 is 10.0 Å². The normalized spacial score (nSPS) is 11.1. The number of benzene rings is 4. The number of hydrogen-bond acceptors (Lipinski definition) is 4. The molecule has 0 spiro atoms. The highest BCUT2D eigenvalue weighted by Gasteiger charge is 2.25. The van der Waals surface area contributed by atoms with Gasteiger partial charge in [0.05, 0.1) is 27.8 Å². The van der Waals surface area contributed by atoms with E-state index in [1.54, 1.807) is 72.8 Å². The van der Waals surface area contributed by atoms with Crippen molar-refractivity contribution in [3.63, 3.8) is 0 Å². The number of nitrogens with one attached hydrogen (secondary N) is 1. The average molecular weight is 521 g/mol. The van der Waals surface area contributed by atoms with Crippen LogP contribution in [-0.2, 0) is 21.4 Å². The zero-order chi connectivity index (χ0) is 25.5. The largest absolute Gasteiger partial charge is 0.484 e. The molecule has 0 saturated carbocycles. The molecule has 1 N–H and O–H groups in total. The second-order valence-electron chi connectivity index (χ2n) is 8.12. The third-order valence-corrected chi connectivity index (χ3v) is 7.54. The molecule has 0 aliphatic carbocycles. The summed E-state index contributed by atoms with van der Waals surface area (Å²) in [7, 11) is -3.83. The Morgan fingerprint density at radius 2 is 1.50 bits per heavy atom. The van der Waals surface area contributed by atoms with Crippen LogP contribution in [0.15, 0.2) is 108 Å². The van der Waals surface area contributed by atoms with E-state index in [4.69, 9.17) is 16.3 Å². The van der Waals surface area contributed by atoms with Gasteiger partial charge in [-0.3, -0.25) is 9.10 Å². The van der Waals surface area contributed by atoms with Crippen LogP contribution in [0, 0.1) is 6.92 Å². The third kappa shape index (κ3) is 6.24. The lowest BCUT2D eigenvalue weighted by Gasteiger charge is -2.25. The second kappa shape index (κ2) is 11.3. The van der Waals surface area contributed by atoms with Crippen molar-refractivity contribution in [3.05, 3.63) is 119 Å². The summed E-state index contributed by atoms with van der Waals surface area (Å²) >= 11 is 6.07. The van der Waals surface area contributed by atoms with Crippen molar-refractivity contribution < 1.29 is 17.9 Å². The summed E-state index contributed by atoms with van der Waals surface area (Å²) in [6.07, 6.45) is 0. The van der Waals surface area contributed by atoms with Gasteiger partial charge < -0.3 is 10.1 Å². The minimum absolute atomic E-state index is 0.164. The fourth-order valence-corrected chi connectivity index (χ4v) is 5.14. The fraction of sp³-hybridized carbons (Fsp3) is 0.107. The summed E-state index contributed by atoms with van der Waals surface area (Å²) in [4.78, 5) is 12.5.